The van der Waals surface area contributed by atoms with Crippen molar-refractivity contribution in [2.75, 3.05) is 0 Å². The Morgan fingerprint density at radius 1 is 0.639 bits per heavy atom. The first-order chi connectivity index (χ1) is 17.5. The topological polar surface area (TPSA) is 8.81 Å². The van der Waals surface area contributed by atoms with Gasteiger partial charge in [-0.05, 0) is 52.3 Å². The van der Waals surface area contributed by atoms with Gasteiger partial charge in [0, 0.05) is 16.7 Å². The number of hydrogen-bond acceptors (Lipinski definition) is 0. The maximum Gasteiger partial charge on any atom is 0.294 e. The Bertz CT molecular complexity index is 1510. The van der Waals surface area contributed by atoms with E-state index < -0.39 is 0 Å². The third-order valence-electron chi connectivity index (χ3n) is 7.46. The molecule has 36 heavy (non-hydrogen) atoms. The summed E-state index contributed by atoms with van der Waals surface area (Å²) in [6.07, 6.45) is 4.51. The summed E-state index contributed by atoms with van der Waals surface area (Å²) in [6.45, 7) is 10.2. The third-order valence-corrected chi connectivity index (χ3v) is 7.46. The van der Waals surface area contributed by atoms with Gasteiger partial charge >= 0.3 is 0 Å². The molecule has 1 aromatic heterocycles. The lowest BCUT2D eigenvalue weighted by molar-refractivity contribution is -0.671. The van der Waals surface area contributed by atoms with Gasteiger partial charge in [-0.2, -0.15) is 4.57 Å². The zero-order valence-corrected chi connectivity index (χ0v) is 21.6. The van der Waals surface area contributed by atoms with E-state index in [0.29, 0.717) is 11.8 Å². The van der Waals surface area contributed by atoms with Gasteiger partial charge in [0.2, 0.25) is 0 Å². The van der Waals surface area contributed by atoms with Crippen LogP contribution in [0.15, 0.2) is 103 Å². The smallest absolute Gasteiger partial charge is 0.225 e. The van der Waals surface area contributed by atoms with E-state index in [4.69, 9.17) is 0 Å². The van der Waals surface area contributed by atoms with Crippen LogP contribution in [0.2, 0.25) is 0 Å². The largest absolute Gasteiger partial charge is 0.294 e. The lowest BCUT2D eigenvalue weighted by Crippen LogP contribution is -2.30. The Kier molecular flexibility index (Phi) is 5.60. The van der Waals surface area contributed by atoms with Gasteiger partial charge in [-0.3, -0.25) is 0 Å². The summed E-state index contributed by atoms with van der Waals surface area (Å²) in [5.41, 5.74) is 11.9. The highest BCUT2D eigenvalue weighted by Crippen LogP contribution is 2.39. The van der Waals surface area contributed by atoms with Crippen LogP contribution in [0.4, 0.5) is 0 Å². The van der Waals surface area contributed by atoms with Crippen molar-refractivity contribution in [1.82, 2.24) is 4.57 Å². The predicted octanol–water partition coefficient (Wildman–Crippen LogP) is 8.37. The van der Waals surface area contributed by atoms with Crippen LogP contribution in [0.5, 0.6) is 0 Å². The number of nitrogens with zero attached hydrogens (tertiary/aromatic N) is 2. The van der Waals surface area contributed by atoms with Crippen LogP contribution in [0.25, 0.3) is 39.3 Å². The molecule has 1 aliphatic rings. The highest BCUT2D eigenvalue weighted by molar-refractivity contribution is 5.75. The fourth-order valence-corrected chi connectivity index (χ4v) is 5.57. The lowest BCUT2D eigenvalue weighted by atomic mass is 9.88. The fourth-order valence-electron chi connectivity index (χ4n) is 5.57. The highest BCUT2D eigenvalue weighted by atomic mass is 15.2. The maximum absolute atomic E-state index is 2.46. The molecule has 5 aromatic rings. The molecule has 4 aromatic carbocycles. The number of aromatic nitrogens is 2. The maximum atomic E-state index is 2.46. The average molecular weight is 470 g/mol. The van der Waals surface area contributed by atoms with Crippen LogP contribution in [-0.4, -0.2) is 4.57 Å². The van der Waals surface area contributed by atoms with Gasteiger partial charge in [0.1, 0.15) is 24.6 Å². The summed E-state index contributed by atoms with van der Waals surface area (Å²) in [5.74, 6) is 2.08. The van der Waals surface area contributed by atoms with Crippen molar-refractivity contribution < 1.29 is 4.57 Å². The second kappa shape index (κ2) is 8.95. The summed E-state index contributed by atoms with van der Waals surface area (Å²) in [4.78, 5) is 0. The first kappa shape index (κ1) is 22.5. The Morgan fingerprint density at radius 2 is 1.22 bits per heavy atom. The first-order valence-electron chi connectivity index (χ1n) is 13.0. The fraction of sp³-hybridized carbons (Fsp3) is 0.206. The van der Waals surface area contributed by atoms with E-state index in [9.17, 15) is 0 Å². The van der Waals surface area contributed by atoms with E-state index in [0.717, 1.165) is 6.54 Å². The van der Waals surface area contributed by atoms with Crippen molar-refractivity contribution in [3.63, 3.8) is 0 Å². The molecule has 1 aliphatic heterocycles. The van der Waals surface area contributed by atoms with E-state index in [1.807, 2.05) is 0 Å². The number of fused-ring (bicyclic) bond motifs is 3. The molecule has 0 atom stereocenters. The molecule has 0 bridgehead atoms. The number of hydrogen-bond donors (Lipinski definition) is 0. The van der Waals surface area contributed by atoms with Crippen molar-refractivity contribution in [3.05, 3.63) is 120 Å². The molecular weight excluding hydrogens is 436 g/mol. The third kappa shape index (κ3) is 3.78. The Hall–Kier alpha value is -3.91. The van der Waals surface area contributed by atoms with Crippen LogP contribution in [0.1, 0.15) is 56.2 Å². The Labute approximate surface area is 214 Å². The molecule has 0 amide bonds. The van der Waals surface area contributed by atoms with Crippen LogP contribution in [0.3, 0.4) is 0 Å². The van der Waals surface area contributed by atoms with Crippen molar-refractivity contribution in [2.24, 2.45) is 0 Å². The van der Waals surface area contributed by atoms with E-state index in [2.05, 4.69) is 140 Å². The van der Waals surface area contributed by atoms with Crippen molar-refractivity contribution in [1.29, 1.82) is 0 Å². The van der Waals surface area contributed by atoms with Gasteiger partial charge in [0.15, 0.2) is 0 Å². The minimum Gasteiger partial charge on any atom is -0.225 e. The molecule has 0 saturated heterocycles. The van der Waals surface area contributed by atoms with E-state index in [-0.39, 0.29) is 0 Å². The molecule has 0 radical (unpaired) electrons. The summed E-state index contributed by atoms with van der Waals surface area (Å²) < 4.78 is 4.86. The summed E-state index contributed by atoms with van der Waals surface area (Å²) >= 11 is 0. The lowest BCUT2D eigenvalue weighted by Gasteiger charge is -2.20. The molecule has 178 valence electrons. The van der Waals surface area contributed by atoms with Crippen LogP contribution >= 0.6 is 0 Å². The second-order valence-corrected chi connectivity index (χ2v) is 10.5. The molecule has 0 unspecified atom stereocenters. The zero-order valence-electron chi connectivity index (χ0n) is 21.6. The van der Waals surface area contributed by atoms with Gasteiger partial charge in [-0.1, -0.05) is 100 Å². The zero-order chi connectivity index (χ0) is 24.8. The molecule has 2 heterocycles. The molecule has 0 N–H and O–H groups in total. The van der Waals surface area contributed by atoms with Crippen molar-refractivity contribution in [2.45, 2.75) is 46.1 Å². The van der Waals surface area contributed by atoms with Gasteiger partial charge < -0.3 is 0 Å². The van der Waals surface area contributed by atoms with E-state index in [1.165, 1.54) is 56.0 Å². The average Bonchev–Trinajstić information content (AvgIpc) is 3.48. The van der Waals surface area contributed by atoms with Gasteiger partial charge in [0.25, 0.3) is 5.82 Å². The normalized spacial score (nSPS) is 12.3. The van der Waals surface area contributed by atoms with Crippen LogP contribution < -0.4 is 4.57 Å². The highest BCUT2D eigenvalue weighted by Gasteiger charge is 2.33. The quantitative estimate of drug-likeness (QED) is 0.224. The number of imidazole rings is 1. The molecule has 0 spiro atoms. The van der Waals surface area contributed by atoms with Crippen LogP contribution in [-0.2, 0) is 6.54 Å². The SMILES string of the molecule is CC(C)c1cc(-c2ccccc2)cc(C(C)C)c1-n1cc[n+]2c1-c1cc(-c3ccccc3)ccc1C2. The summed E-state index contributed by atoms with van der Waals surface area (Å²) in [5, 5.41) is 0. The molecule has 6 rings (SSSR count). The molecule has 2 heteroatoms. The molecule has 2 nitrogen and oxygen atoms in total. The Balaban J connectivity index is 1.57. The molecule has 0 saturated carbocycles. The van der Waals surface area contributed by atoms with Crippen molar-refractivity contribution >= 4 is 0 Å². The van der Waals surface area contributed by atoms with Crippen LogP contribution in [0, 0.1) is 0 Å². The minimum atomic E-state index is 0.403. The number of rotatable bonds is 5. The van der Waals surface area contributed by atoms with Gasteiger partial charge in [0.05, 0.1) is 5.56 Å². The van der Waals surface area contributed by atoms with Crippen molar-refractivity contribution in [3.8, 4) is 39.3 Å². The number of benzene rings is 4. The molecular formula is C34H33N2+. The van der Waals surface area contributed by atoms with Gasteiger partial charge in [-0.15, -0.1) is 0 Å². The van der Waals surface area contributed by atoms with Gasteiger partial charge in [-0.25, -0.2) is 4.57 Å². The Morgan fingerprint density at radius 3 is 1.81 bits per heavy atom. The van der Waals surface area contributed by atoms with E-state index >= 15 is 0 Å². The molecule has 0 aliphatic carbocycles. The van der Waals surface area contributed by atoms with E-state index in [1.54, 1.807) is 0 Å². The predicted molar refractivity (Wildman–Crippen MR) is 150 cm³/mol. The summed E-state index contributed by atoms with van der Waals surface area (Å²) in [6, 6.07) is 33.2. The minimum absolute atomic E-state index is 0.403. The molecule has 0 fully saturated rings. The summed E-state index contributed by atoms with van der Waals surface area (Å²) in [7, 11) is 0. The first-order valence-corrected chi connectivity index (χ1v) is 13.0. The standard InChI is InChI=1S/C34H33N2/c1-23(2)30-20-29(26-13-9-6-10-14-26)21-31(24(3)4)33(30)36-18-17-35-22-28-16-15-27(19-32(28)34(35)36)25-11-7-5-8-12-25/h5-21,23-24H,22H2,1-4H3/q+1. The second-order valence-electron chi connectivity index (χ2n) is 10.5. The monoisotopic (exact) mass is 469 g/mol.